The Morgan fingerprint density at radius 1 is 0.250 bits per heavy atom. The second-order valence-electron chi connectivity index (χ2n) is 16.9. The summed E-state index contributed by atoms with van der Waals surface area (Å²) in [6.07, 6.45) is 0. The third-order valence-corrected chi connectivity index (χ3v) is 12.8. The number of aromatic nitrogens is 7. The zero-order valence-corrected chi connectivity index (χ0v) is 36.6. The summed E-state index contributed by atoms with van der Waals surface area (Å²) in [6, 6.07) is 82.1. The van der Waals surface area contributed by atoms with Crippen LogP contribution in [0, 0.1) is 0 Å². The van der Waals surface area contributed by atoms with Gasteiger partial charge in [0.15, 0.2) is 17.5 Å². The van der Waals surface area contributed by atoms with E-state index in [4.69, 9.17) is 24.9 Å². The first-order chi connectivity index (χ1) is 33.7. The van der Waals surface area contributed by atoms with Crippen molar-refractivity contribution in [3.05, 3.63) is 237 Å². The molecule has 0 amide bonds. The van der Waals surface area contributed by atoms with E-state index in [0.29, 0.717) is 23.4 Å². The van der Waals surface area contributed by atoms with Crippen molar-refractivity contribution in [1.82, 2.24) is 34.1 Å². The Labute approximate surface area is 392 Å². The van der Waals surface area contributed by atoms with E-state index in [0.717, 1.165) is 88.7 Å². The highest BCUT2D eigenvalue weighted by atomic mass is 15.2. The molecule has 0 saturated carbocycles. The van der Waals surface area contributed by atoms with Crippen LogP contribution in [-0.2, 0) is 0 Å². The summed E-state index contributed by atoms with van der Waals surface area (Å²) in [5.74, 6) is 2.47. The minimum atomic E-state index is 0.563. The van der Waals surface area contributed by atoms with Crippen molar-refractivity contribution < 1.29 is 0 Å². The van der Waals surface area contributed by atoms with Crippen molar-refractivity contribution >= 4 is 43.6 Å². The quantitative estimate of drug-likeness (QED) is 0.152. The van der Waals surface area contributed by atoms with Gasteiger partial charge in [0.1, 0.15) is 0 Å². The number of nitrogens with zero attached hydrogens (tertiary/aromatic N) is 7. The molecule has 13 rings (SSSR count). The smallest absolute Gasteiger partial charge is 0.238 e. The summed E-state index contributed by atoms with van der Waals surface area (Å²) in [6.45, 7) is 0. The first-order valence-electron chi connectivity index (χ1n) is 22.8. The van der Waals surface area contributed by atoms with E-state index in [9.17, 15) is 0 Å². The van der Waals surface area contributed by atoms with Gasteiger partial charge >= 0.3 is 0 Å². The highest BCUT2D eigenvalue weighted by molar-refractivity contribution is 6.28. The number of para-hydroxylation sites is 2. The molecule has 4 aromatic heterocycles. The Balaban J connectivity index is 0.956. The number of rotatable bonds is 8. The maximum atomic E-state index is 5.20. The SMILES string of the molecule is c1ccc(-c2ccc(-c3cc(-c4ccccc4)nc(-c4ccc(-n5c6ccccc6c6c7c8ccccc8n(-c8nc(-c9ccccc9)nc(-c9ccccc9)n8)c7ccc65)cc4)n3)cc2)cc1. The third-order valence-electron chi connectivity index (χ3n) is 12.8. The van der Waals surface area contributed by atoms with Gasteiger partial charge in [-0.25, -0.2) is 15.0 Å². The molecule has 0 radical (unpaired) electrons. The van der Waals surface area contributed by atoms with E-state index in [-0.39, 0.29) is 0 Å². The lowest BCUT2D eigenvalue weighted by Crippen LogP contribution is -2.06. The molecule has 13 aromatic rings. The summed E-state index contributed by atoms with van der Waals surface area (Å²) in [4.78, 5) is 25.7. The molecule has 0 aliphatic carbocycles. The molecule has 4 heterocycles. The van der Waals surface area contributed by atoms with Crippen molar-refractivity contribution in [2.75, 3.05) is 0 Å². The molecule has 0 saturated heterocycles. The van der Waals surface area contributed by atoms with E-state index >= 15 is 0 Å². The predicted octanol–water partition coefficient (Wildman–Crippen LogP) is 14.9. The first-order valence-corrected chi connectivity index (χ1v) is 22.8. The molecule has 0 atom stereocenters. The molecule has 0 aliphatic rings. The summed E-state index contributed by atoms with van der Waals surface area (Å²) >= 11 is 0. The molecule has 0 aliphatic heterocycles. The fraction of sp³-hybridized carbons (Fsp3) is 0. The number of fused-ring (bicyclic) bond motifs is 7. The number of hydrogen-bond donors (Lipinski definition) is 0. The zero-order valence-electron chi connectivity index (χ0n) is 36.6. The van der Waals surface area contributed by atoms with Crippen LogP contribution in [0.4, 0.5) is 0 Å². The molecule has 0 unspecified atom stereocenters. The minimum absolute atomic E-state index is 0.563. The molecular formula is C61H39N7. The highest BCUT2D eigenvalue weighted by Gasteiger charge is 2.23. The minimum Gasteiger partial charge on any atom is -0.309 e. The Hall–Kier alpha value is -9.33. The molecule has 0 fully saturated rings. The molecule has 7 nitrogen and oxygen atoms in total. The van der Waals surface area contributed by atoms with Gasteiger partial charge in [0.2, 0.25) is 5.95 Å². The normalized spacial score (nSPS) is 11.5. The van der Waals surface area contributed by atoms with Crippen LogP contribution < -0.4 is 0 Å². The Morgan fingerprint density at radius 3 is 1.16 bits per heavy atom. The molecule has 9 aromatic carbocycles. The average Bonchev–Trinajstić information content (AvgIpc) is 3.95. The highest BCUT2D eigenvalue weighted by Crippen LogP contribution is 2.42. The van der Waals surface area contributed by atoms with Crippen molar-refractivity contribution in [2.45, 2.75) is 0 Å². The molecule has 0 N–H and O–H groups in total. The van der Waals surface area contributed by atoms with Crippen molar-refractivity contribution in [3.8, 4) is 79.4 Å². The van der Waals surface area contributed by atoms with Crippen molar-refractivity contribution in [3.63, 3.8) is 0 Å². The molecule has 7 heteroatoms. The van der Waals surface area contributed by atoms with E-state index in [2.05, 4.69) is 161 Å². The van der Waals surface area contributed by atoms with Crippen LogP contribution in [0.2, 0.25) is 0 Å². The molecule has 0 bridgehead atoms. The first kappa shape index (κ1) is 39.1. The van der Waals surface area contributed by atoms with Gasteiger partial charge in [-0.3, -0.25) is 4.57 Å². The lowest BCUT2D eigenvalue weighted by atomic mass is 10.0. The predicted molar refractivity (Wildman–Crippen MR) is 277 cm³/mol. The Morgan fingerprint density at radius 2 is 0.618 bits per heavy atom. The maximum Gasteiger partial charge on any atom is 0.238 e. The third kappa shape index (κ3) is 6.72. The van der Waals surface area contributed by atoms with Crippen LogP contribution in [0.1, 0.15) is 0 Å². The fourth-order valence-electron chi connectivity index (χ4n) is 9.61. The molecule has 0 spiro atoms. The molecule has 68 heavy (non-hydrogen) atoms. The van der Waals surface area contributed by atoms with Gasteiger partial charge in [-0.2, -0.15) is 9.97 Å². The molecular weight excluding hydrogens is 831 g/mol. The summed E-state index contributed by atoms with van der Waals surface area (Å²) in [5, 5.41) is 4.59. The van der Waals surface area contributed by atoms with Crippen LogP contribution in [0.3, 0.4) is 0 Å². The van der Waals surface area contributed by atoms with Gasteiger partial charge in [0.25, 0.3) is 0 Å². The van der Waals surface area contributed by atoms with Crippen molar-refractivity contribution in [1.29, 1.82) is 0 Å². The monoisotopic (exact) mass is 869 g/mol. The fourth-order valence-corrected chi connectivity index (χ4v) is 9.61. The van der Waals surface area contributed by atoms with Crippen LogP contribution in [0.15, 0.2) is 237 Å². The van der Waals surface area contributed by atoms with Gasteiger partial charge in [-0.15, -0.1) is 0 Å². The lowest BCUT2D eigenvalue weighted by Gasteiger charge is -2.12. The van der Waals surface area contributed by atoms with Crippen LogP contribution in [0.5, 0.6) is 0 Å². The second kappa shape index (κ2) is 16.3. The van der Waals surface area contributed by atoms with Gasteiger partial charge in [0.05, 0.1) is 33.5 Å². The summed E-state index contributed by atoms with van der Waals surface area (Å²) < 4.78 is 4.56. The average molecular weight is 870 g/mol. The summed E-state index contributed by atoms with van der Waals surface area (Å²) in [7, 11) is 0. The Kier molecular flexibility index (Phi) is 9.35. The van der Waals surface area contributed by atoms with Crippen LogP contribution in [0.25, 0.3) is 123 Å². The number of benzene rings is 9. The Bertz CT molecular complexity index is 3920. The van der Waals surface area contributed by atoms with Crippen LogP contribution in [-0.4, -0.2) is 34.1 Å². The van der Waals surface area contributed by atoms with E-state index < -0.39 is 0 Å². The van der Waals surface area contributed by atoms with Gasteiger partial charge in [0, 0.05) is 55.0 Å². The van der Waals surface area contributed by atoms with E-state index in [1.54, 1.807) is 0 Å². The van der Waals surface area contributed by atoms with Gasteiger partial charge in [-0.1, -0.05) is 182 Å². The number of hydrogen-bond acceptors (Lipinski definition) is 5. The zero-order chi connectivity index (χ0) is 45.0. The lowest BCUT2D eigenvalue weighted by molar-refractivity contribution is 0.953. The van der Waals surface area contributed by atoms with Crippen molar-refractivity contribution in [2.24, 2.45) is 0 Å². The van der Waals surface area contributed by atoms with E-state index in [1.807, 2.05) is 84.9 Å². The second-order valence-corrected chi connectivity index (χ2v) is 16.9. The van der Waals surface area contributed by atoms with Gasteiger partial charge in [-0.05, 0) is 65.7 Å². The molecule has 318 valence electrons. The standard InChI is InChI=1S/C61H39N7/c1-5-17-40(18-6-1)41-29-31-43(32-30-41)51-39-50(42-19-7-2-8-20-42)62-58(63-51)46-33-35-47(36-34-46)67-52-27-15-13-25-48(52)56-54(67)37-38-55-57(56)49-26-14-16-28-53(49)68(55)61-65-59(44-21-9-3-10-22-44)64-60(66-61)45-23-11-4-12-24-45/h1-39H. The largest absolute Gasteiger partial charge is 0.309 e. The van der Waals surface area contributed by atoms with Gasteiger partial charge < -0.3 is 4.57 Å². The maximum absolute atomic E-state index is 5.20. The van der Waals surface area contributed by atoms with E-state index in [1.165, 1.54) is 10.9 Å². The topological polar surface area (TPSA) is 74.3 Å². The summed E-state index contributed by atoms with van der Waals surface area (Å²) in [5.41, 5.74) is 14.2. The van der Waals surface area contributed by atoms with Crippen LogP contribution >= 0.6 is 0 Å².